The van der Waals surface area contributed by atoms with Crippen molar-refractivity contribution in [2.45, 2.75) is 27.2 Å². The van der Waals surface area contributed by atoms with Crippen LogP contribution in [-0.2, 0) is 11.2 Å². The molecule has 4 heteroatoms. The van der Waals surface area contributed by atoms with Crippen molar-refractivity contribution >= 4 is 34.2 Å². The molecule has 2 aromatic carbocycles. The fraction of sp³-hybridized carbons (Fsp3) is 0.211. The number of fused-ring (bicyclic) bond motifs is 1. The van der Waals surface area contributed by atoms with E-state index >= 15 is 0 Å². The van der Waals surface area contributed by atoms with Crippen LogP contribution in [0, 0.1) is 20.8 Å². The smallest absolute Gasteiger partial charge is 0.228 e. The number of anilines is 1. The monoisotopic (exact) mass is 327 g/mol. The molecule has 118 valence electrons. The molecule has 0 aliphatic heterocycles. The second kappa shape index (κ2) is 6.09. The van der Waals surface area contributed by atoms with Gasteiger partial charge in [0.15, 0.2) is 0 Å². The van der Waals surface area contributed by atoms with Gasteiger partial charge < -0.3 is 9.73 Å². The maximum absolute atomic E-state index is 12.3. The Morgan fingerprint density at radius 1 is 1.17 bits per heavy atom. The molecule has 3 nitrogen and oxygen atoms in total. The summed E-state index contributed by atoms with van der Waals surface area (Å²) in [7, 11) is 0. The summed E-state index contributed by atoms with van der Waals surface area (Å²) in [4.78, 5) is 12.3. The van der Waals surface area contributed by atoms with Gasteiger partial charge in [-0.25, -0.2) is 0 Å². The van der Waals surface area contributed by atoms with Crippen LogP contribution >= 0.6 is 11.6 Å². The normalized spacial score (nSPS) is 11.0. The molecule has 0 spiro atoms. The third-order valence-corrected chi connectivity index (χ3v) is 4.57. The van der Waals surface area contributed by atoms with Crippen LogP contribution in [0.4, 0.5) is 5.69 Å². The average Bonchev–Trinajstić information content (AvgIpc) is 2.86. The molecule has 0 atom stereocenters. The van der Waals surface area contributed by atoms with Crippen molar-refractivity contribution in [2.24, 2.45) is 0 Å². The lowest BCUT2D eigenvalue weighted by atomic mass is 10.0. The number of carbonyl (C=O) groups is 1. The molecule has 1 amide bonds. The van der Waals surface area contributed by atoms with Gasteiger partial charge in [0.05, 0.1) is 12.7 Å². The minimum atomic E-state index is -0.0868. The maximum Gasteiger partial charge on any atom is 0.228 e. The first kappa shape index (κ1) is 15.6. The Morgan fingerprint density at radius 2 is 1.91 bits per heavy atom. The first-order chi connectivity index (χ1) is 11.0. The molecule has 1 heterocycles. The summed E-state index contributed by atoms with van der Waals surface area (Å²) in [5, 5.41) is 4.55. The van der Waals surface area contributed by atoms with E-state index in [9.17, 15) is 4.79 Å². The van der Waals surface area contributed by atoms with Crippen molar-refractivity contribution in [3.63, 3.8) is 0 Å². The minimum Gasteiger partial charge on any atom is -0.464 e. The summed E-state index contributed by atoms with van der Waals surface area (Å²) in [5.41, 5.74) is 5.67. The summed E-state index contributed by atoms with van der Waals surface area (Å²) < 4.78 is 5.58. The molecule has 1 aromatic heterocycles. The van der Waals surface area contributed by atoms with Gasteiger partial charge in [0.1, 0.15) is 5.58 Å². The third kappa shape index (κ3) is 3.10. The van der Waals surface area contributed by atoms with Crippen LogP contribution in [0.25, 0.3) is 11.0 Å². The highest BCUT2D eigenvalue weighted by molar-refractivity contribution is 6.31. The van der Waals surface area contributed by atoms with Crippen molar-refractivity contribution < 1.29 is 9.21 Å². The Hall–Kier alpha value is -2.26. The van der Waals surface area contributed by atoms with Gasteiger partial charge >= 0.3 is 0 Å². The second-order valence-corrected chi connectivity index (χ2v) is 6.24. The number of carbonyl (C=O) groups excluding carboxylic acids is 1. The van der Waals surface area contributed by atoms with Gasteiger partial charge in [-0.05, 0) is 61.7 Å². The van der Waals surface area contributed by atoms with E-state index in [0.29, 0.717) is 5.02 Å². The molecule has 0 saturated carbocycles. The molecule has 0 radical (unpaired) electrons. The van der Waals surface area contributed by atoms with Crippen LogP contribution in [0.3, 0.4) is 0 Å². The number of hydrogen-bond acceptors (Lipinski definition) is 2. The molecule has 3 rings (SSSR count). The zero-order valence-corrected chi connectivity index (χ0v) is 14.1. The Labute approximate surface area is 140 Å². The number of aryl methyl sites for hydroxylation is 2. The van der Waals surface area contributed by atoms with Crippen LogP contribution in [0.5, 0.6) is 0 Å². The molecule has 0 unspecified atom stereocenters. The second-order valence-electron chi connectivity index (χ2n) is 5.83. The first-order valence-corrected chi connectivity index (χ1v) is 7.86. The molecular weight excluding hydrogens is 310 g/mol. The van der Waals surface area contributed by atoms with Gasteiger partial charge in [-0.3, -0.25) is 4.79 Å². The summed E-state index contributed by atoms with van der Waals surface area (Å²) in [6, 6.07) is 9.56. The molecule has 0 aliphatic rings. The zero-order valence-electron chi connectivity index (χ0n) is 13.4. The van der Waals surface area contributed by atoms with Crippen molar-refractivity contribution in [2.75, 3.05) is 5.32 Å². The predicted molar refractivity (Wildman–Crippen MR) is 94.2 cm³/mol. The largest absolute Gasteiger partial charge is 0.464 e. The maximum atomic E-state index is 12.3. The first-order valence-electron chi connectivity index (χ1n) is 7.48. The standard InChI is InChI=1S/C19H18ClNO2/c1-11-7-15-14(10-23-18(15)8-12(11)2)9-19(22)21-17-6-4-5-16(20)13(17)3/h4-8,10H,9H2,1-3H3,(H,21,22). The topological polar surface area (TPSA) is 42.2 Å². The van der Waals surface area contributed by atoms with Crippen LogP contribution in [0.15, 0.2) is 41.0 Å². The highest BCUT2D eigenvalue weighted by Crippen LogP contribution is 2.26. The van der Waals surface area contributed by atoms with Gasteiger partial charge in [0.25, 0.3) is 0 Å². The van der Waals surface area contributed by atoms with Crippen molar-refractivity contribution in [1.82, 2.24) is 0 Å². The van der Waals surface area contributed by atoms with Gasteiger partial charge in [0.2, 0.25) is 5.91 Å². The number of halogens is 1. The Morgan fingerprint density at radius 3 is 2.70 bits per heavy atom. The van der Waals surface area contributed by atoms with E-state index in [1.54, 1.807) is 12.3 Å². The lowest BCUT2D eigenvalue weighted by Gasteiger charge is -2.09. The minimum absolute atomic E-state index is 0.0868. The van der Waals surface area contributed by atoms with E-state index in [1.165, 1.54) is 11.1 Å². The summed E-state index contributed by atoms with van der Waals surface area (Å²) >= 11 is 6.08. The third-order valence-electron chi connectivity index (χ3n) is 4.16. The van der Waals surface area contributed by atoms with E-state index in [0.717, 1.165) is 27.8 Å². The SMILES string of the molecule is Cc1cc2occ(CC(=O)Nc3cccc(Cl)c3C)c2cc1C. The molecule has 0 bridgehead atoms. The van der Waals surface area contributed by atoms with E-state index in [1.807, 2.05) is 32.0 Å². The average molecular weight is 328 g/mol. The van der Waals surface area contributed by atoms with E-state index in [-0.39, 0.29) is 12.3 Å². The van der Waals surface area contributed by atoms with Gasteiger partial charge in [-0.2, -0.15) is 0 Å². The molecule has 0 fully saturated rings. The van der Waals surface area contributed by atoms with Crippen molar-refractivity contribution in [1.29, 1.82) is 0 Å². The number of amides is 1. The molecule has 1 N–H and O–H groups in total. The highest BCUT2D eigenvalue weighted by Gasteiger charge is 2.13. The summed E-state index contributed by atoms with van der Waals surface area (Å²) in [6.45, 7) is 5.99. The lowest BCUT2D eigenvalue weighted by Crippen LogP contribution is -2.15. The highest BCUT2D eigenvalue weighted by atomic mass is 35.5. The van der Waals surface area contributed by atoms with Crippen molar-refractivity contribution in [3.05, 3.63) is 63.9 Å². The van der Waals surface area contributed by atoms with E-state index in [4.69, 9.17) is 16.0 Å². The molecular formula is C19H18ClNO2. The summed E-state index contributed by atoms with van der Waals surface area (Å²) in [5.74, 6) is -0.0868. The Kier molecular flexibility index (Phi) is 4.14. The predicted octanol–water partition coefficient (Wildman–Crippen LogP) is 5.19. The zero-order chi connectivity index (χ0) is 16.6. The fourth-order valence-electron chi connectivity index (χ4n) is 2.58. The summed E-state index contributed by atoms with van der Waals surface area (Å²) in [6.07, 6.45) is 1.93. The van der Waals surface area contributed by atoms with Gasteiger partial charge in [-0.15, -0.1) is 0 Å². The Bertz CT molecular complexity index is 896. The Balaban J connectivity index is 1.83. The lowest BCUT2D eigenvalue weighted by molar-refractivity contribution is -0.115. The number of hydrogen-bond donors (Lipinski definition) is 1. The number of nitrogens with one attached hydrogen (secondary N) is 1. The van der Waals surface area contributed by atoms with Crippen LogP contribution in [-0.4, -0.2) is 5.91 Å². The van der Waals surface area contributed by atoms with E-state index < -0.39 is 0 Å². The molecule has 23 heavy (non-hydrogen) atoms. The fourth-order valence-corrected chi connectivity index (χ4v) is 2.76. The molecule has 0 aliphatic carbocycles. The van der Waals surface area contributed by atoms with Crippen LogP contribution < -0.4 is 5.32 Å². The van der Waals surface area contributed by atoms with Gasteiger partial charge in [-0.1, -0.05) is 17.7 Å². The van der Waals surface area contributed by atoms with Crippen LogP contribution in [0.1, 0.15) is 22.3 Å². The molecule has 0 saturated heterocycles. The number of rotatable bonds is 3. The quantitative estimate of drug-likeness (QED) is 0.719. The number of benzene rings is 2. The number of furan rings is 1. The molecule has 3 aromatic rings. The van der Waals surface area contributed by atoms with Crippen molar-refractivity contribution in [3.8, 4) is 0 Å². The van der Waals surface area contributed by atoms with Gasteiger partial charge in [0, 0.05) is 21.7 Å². The van der Waals surface area contributed by atoms with Crippen LogP contribution in [0.2, 0.25) is 5.02 Å². The van der Waals surface area contributed by atoms with E-state index in [2.05, 4.69) is 18.3 Å².